The van der Waals surface area contributed by atoms with Crippen molar-refractivity contribution in [2.75, 3.05) is 7.11 Å². The second-order valence-corrected chi connectivity index (χ2v) is 4.64. The highest BCUT2D eigenvalue weighted by molar-refractivity contribution is 7.13. The van der Waals surface area contributed by atoms with E-state index >= 15 is 0 Å². The molecule has 18 heavy (non-hydrogen) atoms. The Bertz CT molecular complexity index is 696. The largest absolute Gasteiger partial charge is 0.507 e. The van der Waals surface area contributed by atoms with E-state index in [0.29, 0.717) is 22.3 Å². The molecule has 0 unspecified atom stereocenters. The number of aromatic nitrogens is 2. The molecular weight excluding hydrogens is 248 g/mol. The van der Waals surface area contributed by atoms with Gasteiger partial charge in [0.2, 0.25) is 0 Å². The van der Waals surface area contributed by atoms with Crippen molar-refractivity contribution in [2.24, 2.45) is 0 Å². The zero-order valence-corrected chi connectivity index (χ0v) is 10.4. The highest BCUT2D eigenvalue weighted by Crippen LogP contribution is 2.31. The van der Waals surface area contributed by atoms with Crippen LogP contribution in [0.2, 0.25) is 0 Å². The molecule has 0 spiro atoms. The third-order valence-electron chi connectivity index (χ3n) is 2.65. The lowest BCUT2D eigenvalue weighted by Gasteiger charge is -2.05. The molecule has 0 aliphatic rings. The van der Waals surface area contributed by atoms with Gasteiger partial charge in [-0.15, -0.1) is 11.3 Å². The number of nitrogens with zero attached hydrogens (tertiary/aromatic N) is 2. The summed E-state index contributed by atoms with van der Waals surface area (Å²) in [4.78, 5) is 8.69. The number of fused-ring (bicyclic) bond motifs is 1. The fourth-order valence-corrected chi connectivity index (χ4v) is 2.37. The van der Waals surface area contributed by atoms with Gasteiger partial charge in [0.1, 0.15) is 22.2 Å². The highest BCUT2D eigenvalue weighted by Gasteiger charge is 2.09. The summed E-state index contributed by atoms with van der Waals surface area (Å²) in [7, 11) is 1.60. The fourth-order valence-electron chi connectivity index (χ4n) is 1.78. The quantitative estimate of drug-likeness (QED) is 0.767. The molecule has 1 N–H and O–H groups in total. The second kappa shape index (κ2) is 4.27. The number of hydrogen-bond donors (Lipinski definition) is 1. The highest BCUT2D eigenvalue weighted by atomic mass is 32.1. The smallest absolute Gasteiger partial charge is 0.141 e. The van der Waals surface area contributed by atoms with Crippen molar-refractivity contribution >= 4 is 22.2 Å². The van der Waals surface area contributed by atoms with E-state index in [-0.39, 0.29) is 5.75 Å². The number of rotatable bonds is 2. The molecule has 0 fully saturated rings. The Morgan fingerprint density at radius 1 is 1.28 bits per heavy atom. The van der Waals surface area contributed by atoms with Gasteiger partial charge in [-0.2, -0.15) is 0 Å². The predicted octanol–water partition coefficient (Wildman–Crippen LogP) is 3.07. The van der Waals surface area contributed by atoms with Crippen LogP contribution in [0.25, 0.3) is 21.6 Å². The lowest BCUT2D eigenvalue weighted by atomic mass is 10.1. The summed E-state index contributed by atoms with van der Waals surface area (Å²) in [6.45, 7) is 0. The van der Waals surface area contributed by atoms with E-state index in [1.807, 2.05) is 5.38 Å². The lowest BCUT2D eigenvalue weighted by Crippen LogP contribution is -1.88. The molecule has 0 atom stereocenters. The maximum atomic E-state index is 10.0. The summed E-state index contributed by atoms with van der Waals surface area (Å²) < 4.78 is 5.16. The molecule has 0 bridgehead atoms. The molecule has 0 amide bonds. The van der Waals surface area contributed by atoms with E-state index in [1.54, 1.807) is 37.6 Å². The minimum absolute atomic E-state index is 0.202. The Labute approximate surface area is 108 Å². The van der Waals surface area contributed by atoms with E-state index < -0.39 is 0 Å². The standard InChI is InChI=1S/C13H10N2O2S/c1-17-8-2-3-9-10(6-8)15-11(7-12(9)16)13-14-4-5-18-13/h2-7H,1H3,(H,15,16). The van der Waals surface area contributed by atoms with Gasteiger partial charge in [0, 0.05) is 29.1 Å². The summed E-state index contributed by atoms with van der Waals surface area (Å²) >= 11 is 1.49. The molecule has 0 aliphatic heterocycles. The van der Waals surface area contributed by atoms with E-state index in [0.717, 1.165) is 5.01 Å². The van der Waals surface area contributed by atoms with Gasteiger partial charge in [-0.05, 0) is 12.1 Å². The molecule has 90 valence electrons. The molecule has 4 nitrogen and oxygen atoms in total. The molecule has 3 aromatic rings. The average molecular weight is 258 g/mol. The van der Waals surface area contributed by atoms with Crippen LogP contribution in [-0.2, 0) is 0 Å². The molecule has 0 aliphatic carbocycles. The fraction of sp³-hybridized carbons (Fsp3) is 0.0769. The van der Waals surface area contributed by atoms with Gasteiger partial charge in [0.05, 0.1) is 12.6 Å². The van der Waals surface area contributed by atoms with Crippen molar-refractivity contribution < 1.29 is 9.84 Å². The van der Waals surface area contributed by atoms with Crippen molar-refractivity contribution in [1.82, 2.24) is 9.97 Å². The van der Waals surface area contributed by atoms with Crippen LogP contribution >= 0.6 is 11.3 Å². The first-order chi connectivity index (χ1) is 8.78. The Balaban J connectivity index is 2.24. The number of thiazole rings is 1. The molecule has 0 radical (unpaired) electrons. The second-order valence-electron chi connectivity index (χ2n) is 3.75. The molecule has 0 saturated carbocycles. The Morgan fingerprint density at radius 3 is 2.89 bits per heavy atom. The third kappa shape index (κ3) is 1.78. The number of benzene rings is 1. The number of ether oxygens (including phenoxy) is 1. The SMILES string of the molecule is COc1ccc2c(O)cc(-c3nccs3)nc2c1. The maximum Gasteiger partial charge on any atom is 0.141 e. The van der Waals surface area contributed by atoms with Crippen LogP contribution in [0.15, 0.2) is 35.8 Å². The first kappa shape index (κ1) is 11.0. The van der Waals surface area contributed by atoms with Crippen LogP contribution in [-0.4, -0.2) is 22.2 Å². The number of hydrogen-bond acceptors (Lipinski definition) is 5. The van der Waals surface area contributed by atoms with Crippen molar-refractivity contribution in [3.8, 4) is 22.2 Å². The molecule has 1 aromatic carbocycles. The van der Waals surface area contributed by atoms with E-state index in [1.165, 1.54) is 11.3 Å². The Morgan fingerprint density at radius 2 is 2.17 bits per heavy atom. The van der Waals surface area contributed by atoms with Crippen LogP contribution in [0.1, 0.15) is 0 Å². The summed E-state index contributed by atoms with van der Waals surface area (Å²) in [5, 5.41) is 13.4. The molecule has 3 rings (SSSR count). The molecule has 2 heterocycles. The first-order valence-corrected chi connectivity index (χ1v) is 6.23. The predicted molar refractivity (Wildman–Crippen MR) is 71.1 cm³/mol. The van der Waals surface area contributed by atoms with Crippen molar-refractivity contribution in [3.63, 3.8) is 0 Å². The number of aromatic hydroxyl groups is 1. The van der Waals surface area contributed by atoms with Crippen LogP contribution in [0.4, 0.5) is 0 Å². The molecular formula is C13H10N2O2S. The maximum absolute atomic E-state index is 10.0. The molecule has 2 aromatic heterocycles. The monoisotopic (exact) mass is 258 g/mol. The van der Waals surface area contributed by atoms with Crippen LogP contribution < -0.4 is 4.74 Å². The number of pyridine rings is 1. The average Bonchev–Trinajstić information content (AvgIpc) is 2.91. The Hall–Kier alpha value is -2.14. The van der Waals surface area contributed by atoms with Crippen LogP contribution in [0.3, 0.4) is 0 Å². The number of methoxy groups -OCH3 is 1. The van der Waals surface area contributed by atoms with Crippen molar-refractivity contribution in [3.05, 3.63) is 35.8 Å². The first-order valence-electron chi connectivity index (χ1n) is 5.35. The van der Waals surface area contributed by atoms with Crippen molar-refractivity contribution in [2.45, 2.75) is 0 Å². The van der Waals surface area contributed by atoms with Crippen LogP contribution in [0, 0.1) is 0 Å². The van der Waals surface area contributed by atoms with Gasteiger partial charge in [0.15, 0.2) is 0 Å². The van der Waals surface area contributed by atoms with E-state index in [4.69, 9.17) is 4.74 Å². The molecule has 0 saturated heterocycles. The topological polar surface area (TPSA) is 55.2 Å². The van der Waals surface area contributed by atoms with Gasteiger partial charge in [-0.3, -0.25) is 0 Å². The van der Waals surface area contributed by atoms with Crippen LogP contribution in [0.5, 0.6) is 11.5 Å². The Kier molecular flexibility index (Phi) is 2.60. The summed E-state index contributed by atoms with van der Waals surface area (Å²) in [6, 6.07) is 7.02. The van der Waals surface area contributed by atoms with E-state index in [2.05, 4.69) is 9.97 Å². The zero-order chi connectivity index (χ0) is 12.5. The van der Waals surface area contributed by atoms with Gasteiger partial charge in [-0.25, -0.2) is 9.97 Å². The van der Waals surface area contributed by atoms with Crippen molar-refractivity contribution in [1.29, 1.82) is 0 Å². The van der Waals surface area contributed by atoms with Gasteiger partial charge in [-0.1, -0.05) is 0 Å². The summed E-state index contributed by atoms with van der Waals surface area (Å²) in [5.41, 5.74) is 1.36. The van der Waals surface area contributed by atoms with Gasteiger partial charge >= 0.3 is 0 Å². The molecule has 5 heteroatoms. The summed E-state index contributed by atoms with van der Waals surface area (Å²) in [6.07, 6.45) is 1.72. The van der Waals surface area contributed by atoms with E-state index in [9.17, 15) is 5.11 Å². The summed E-state index contributed by atoms with van der Waals surface area (Å²) in [5.74, 6) is 0.915. The normalized spacial score (nSPS) is 10.7. The lowest BCUT2D eigenvalue weighted by molar-refractivity contribution is 0.415. The third-order valence-corrected chi connectivity index (χ3v) is 3.44. The minimum Gasteiger partial charge on any atom is -0.507 e. The van der Waals surface area contributed by atoms with Gasteiger partial charge in [0.25, 0.3) is 0 Å². The minimum atomic E-state index is 0.202. The zero-order valence-electron chi connectivity index (χ0n) is 9.62. The van der Waals surface area contributed by atoms with Gasteiger partial charge < -0.3 is 9.84 Å².